The summed E-state index contributed by atoms with van der Waals surface area (Å²) in [5, 5.41) is 0. The van der Waals surface area contributed by atoms with Crippen molar-refractivity contribution in [3.05, 3.63) is 48.3 Å². The van der Waals surface area contributed by atoms with Crippen LogP contribution >= 0.6 is 0 Å². The van der Waals surface area contributed by atoms with Gasteiger partial charge in [0.1, 0.15) is 5.75 Å². The van der Waals surface area contributed by atoms with Gasteiger partial charge in [-0.1, -0.05) is 122 Å². The average Bonchev–Trinajstić information content (AvgIpc) is 2.93. The second kappa shape index (κ2) is 16.8. The molecule has 36 heavy (non-hydrogen) atoms. The van der Waals surface area contributed by atoms with E-state index in [9.17, 15) is 0 Å². The zero-order chi connectivity index (χ0) is 25.4. The number of aromatic nitrogens is 1. The summed E-state index contributed by atoms with van der Waals surface area (Å²) in [6.45, 7) is 7.81. The van der Waals surface area contributed by atoms with Crippen molar-refractivity contribution >= 4 is 0 Å². The molecule has 1 aliphatic rings. The van der Waals surface area contributed by atoms with E-state index >= 15 is 0 Å². The van der Waals surface area contributed by atoms with Crippen LogP contribution in [0.4, 0.5) is 0 Å². The highest BCUT2D eigenvalue weighted by atomic mass is 16.5. The molecule has 1 saturated carbocycles. The molecule has 2 aromatic rings. The Bertz CT molecular complexity index is 839. The van der Waals surface area contributed by atoms with Gasteiger partial charge in [-0.25, -0.2) is 0 Å². The van der Waals surface area contributed by atoms with E-state index < -0.39 is 0 Å². The third-order valence-electron chi connectivity index (χ3n) is 8.59. The van der Waals surface area contributed by atoms with E-state index in [1.807, 2.05) is 6.20 Å². The predicted molar refractivity (Wildman–Crippen MR) is 156 cm³/mol. The molecule has 1 fully saturated rings. The molecule has 0 spiro atoms. The van der Waals surface area contributed by atoms with Crippen LogP contribution in [0.5, 0.6) is 5.75 Å². The minimum Gasteiger partial charge on any atom is -0.493 e. The van der Waals surface area contributed by atoms with Crippen LogP contribution < -0.4 is 4.74 Å². The van der Waals surface area contributed by atoms with Gasteiger partial charge in [0.25, 0.3) is 0 Å². The second-order valence-corrected chi connectivity index (χ2v) is 11.3. The summed E-state index contributed by atoms with van der Waals surface area (Å²) in [6.07, 6.45) is 25.9. The summed E-state index contributed by atoms with van der Waals surface area (Å²) in [5.74, 6) is 3.28. The third-order valence-corrected chi connectivity index (χ3v) is 8.59. The SMILES string of the molecule is CCCCCCCCC1CCC(C(C)c2cnccc2-c2ccccc2OCCCCCCC)CC1. The van der Waals surface area contributed by atoms with Crippen LogP contribution in [0.2, 0.25) is 0 Å². The van der Waals surface area contributed by atoms with E-state index in [0.29, 0.717) is 5.92 Å². The molecular weight excluding hydrogens is 438 g/mol. The Morgan fingerprint density at radius 3 is 2.19 bits per heavy atom. The average molecular weight is 492 g/mol. The van der Waals surface area contributed by atoms with Crippen molar-refractivity contribution in [1.82, 2.24) is 4.98 Å². The standard InChI is InChI=1S/C34H53NO/c1-4-6-8-10-11-13-17-29-20-22-30(23-21-29)28(3)33-27-35-25-24-31(33)32-18-14-15-19-34(32)36-26-16-12-9-7-5-2/h14-15,18-19,24-25,27-30H,4-13,16-17,20-23,26H2,1-3H3. The first kappa shape index (κ1) is 28.7. The van der Waals surface area contributed by atoms with Crippen LogP contribution in [-0.4, -0.2) is 11.6 Å². The Morgan fingerprint density at radius 2 is 1.44 bits per heavy atom. The van der Waals surface area contributed by atoms with Crippen LogP contribution in [-0.2, 0) is 0 Å². The minimum absolute atomic E-state index is 0.533. The number of para-hydroxylation sites is 1. The lowest BCUT2D eigenvalue weighted by atomic mass is 9.72. The van der Waals surface area contributed by atoms with E-state index in [-0.39, 0.29) is 0 Å². The van der Waals surface area contributed by atoms with Crippen molar-refractivity contribution in [2.24, 2.45) is 11.8 Å². The molecule has 0 aliphatic heterocycles. The molecule has 1 aromatic carbocycles. The predicted octanol–water partition coefficient (Wildman–Crippen LogP) is 10.8. The monoisotopic (exact) mass is 491 g/mol. The van der Waals surface area contributed by atoms with Gasteiger partial charge in [0, 0.05) is 18.0 Å². The summed E-state index contributed by atoms with van der Waals surface area (Å²) >= 11 is 0. The van der Waals surface area contributed by atoms with Crippen LogP contribution in [0.15, 0.2) is 42.7 Å². The Hall–Kier alpha value is -1.83. The molecule has 0 bridgehead atoms. The lowest BCUT2D eigenvalue weighted by molar-refractivity contribution is 0.236. The number of rotatable bonds is 17. The number of hydrogen-bond donors (Lipinski definition) is 0. The number of benzene rings is 1. The zero-order valence-electron chi connectivity index (χ0n) is 23.6. The molecule has 2 nitrogen and oxygen atoms in total. The lowest BCUT2D eigenvalue weighted by Gasteiger charge is -2.33. The normalized spacial score (nSPS) is 18.8. The molecule has 0 saturated heterocycles. The van der Waals surface area contributed by atoms with Gasteiger partial charge in [-0.2, -0.15) is 0 Å². The van der Waals surface area contributed by atoms with Crippen molar-refractivity contribution in [1.29, 1.82) is 0 Å². The van der Waals surface area contributed by atoms with E-state index in [0.717, 1.165) is 30.6 Å². The second-order valence-electron chi connectivity index (χ2n) is 11.3. The summed E-state index contributed by atoms with van der Waals surface area (Å²) < 4.78 is 6.31. The summed E-state index contributed by atoms with van der Waals surface area (Å²) in [6, 6.07) is 10.8. The summed E-state index contributed by atoms with van der Waals surface area (Å²) in [5.41, 5.74) is 3.94. The van der Waals surface area contributed by atoms with Gasteiger partial charge in [-0.15, -0.1) is 0 Å². The molecular formula is C34H53NO. The Kier molecular flexibility index (Phi) is 13.4. The molecule has 0 amide bonds. The Balaban J connectivity index is 1.55. The highest BCUT2D eigenvalue weighted by Crippen LogP contribution is 2.43. The molecule has 1 heterocycles. The third kappa shape index (κ3) is 9.24. The fourth-order valence-electron chi connectivity index (χ4n) is 6.16. The smallest absolute Gasteiger partial charge is 0.127 e. The number of hydrogen-bond acceptors (Lipinski definition) is 2. The summed E-state index contributed by atoms with van der Waals surface area (Å²) in [7, 11) is 0. The first-order chi connectivity index (χ1) is 17.7. The van der Waals surface area contributed by atoms with Gasteiger partial charge >= 0.3 is 0 Å². The Labute approximate surface area is 222 Å². The quantitative estimate of drug-likeness (QED) is 0.205. The fourth-order valence-corrected chi connectivity index (χ4v) is 6.16. The van der Waals surface area contributed by atoms with Crippen molar-refractivity contribution in [3.63, 3.8) is 0 Å². The van der Waals surface area contributed by atoms with E-state index in [4.69, 9.17) is 4.74 Å². The highest BCUT2D eigenvalue weighted by Gasteiger charge is 2.27. The van der Waals surface area contributed by atoms with Gasteiger partial charge in [-0.05, 0) is 60.3 Å². The fraction of sp³-hybridized carbons (Fsp3) is 0.676. The maximum absolute atomic E-state index is 6.31. The topological polar surface area (TPSA) is 22.1 Å². The molecule has 1 aliphatic carbocycles. The summed E-state index contributed by atoms with van der Waals surface area (Å²) in [4.78, 5) is 4.57. The molecule has 200 valence electrons. The van der Waals surface area contributed by atoms with Gasteiger partial charge in [0.15, 0.2) is 0 Å². The first-order valence-corrected chi connectivity index (χ1v) is 15.4. The van der Waals surface area contributed by atoms with Crippen molar-refractivity contribution in [3.8, 4) is 16.9 Å². The van der Waals surface area contributed by atoms with Gasteiger partial charge in [-0.3, -0.25) is 4.98 Å². The van der Waals surface area contributed by atoms with Crippen LogP contribution in [0, 0.1) is 11.8 Å². The zero-order valence-corrected chi connectivity index (χ0v) is 23.6. The van der Waals surface area contributed by atoms with Crippen molar-refractivity contribution in [2.75, 3.05) is 6.61 Å². The molecule has 1 aromatic heterocycles. The molecule has 2 heteroatoms. The van der Waals surface area contributed by atoms with E-state index in [2.05, 4.69) is 62.3 Å². The molecule has 1 atom stereocenters. The van der Waals surface area contributed by atoms with Gasteiger partial charge in [0.05, 0.1) is 6.61 Å². The molecule has 1 unspecified atom stereocenters. The van der Waals surface area contributed by atoms with Crippen LogP contribution in [0.25, 0.3) is 11.1 Å². The largest absolute Gasteiger partial charge is 0.493 e. The van der Waals surface area contributed by atoms with Gasteiger partial charge < -0.3 is 4.74 Å². The number of nitrogens with zero attached hydrogens (tertiary/aromatic N) is 1. The molecule has 3 rings (SSSR count). The van der Waals surface area contributed by atoms with E-state index in [1.54, 1.807) is 0 Å². The molecule has 0 radical (unpaired) electrons. The number of unbranched alkanes of at least 4 members (excludes halogenated alkanes) is 9. The van der Waals surface area contributed by atoms with E-state index in [1.165, 1.54) is 113 Å². The Morgan fingerprint density at radius 1 is 0.778 bits per heavy atom. The van der Waals surface area contributed by atoms with Crippen LogP contribution in [0.1, 0.15) is 135 Å². The lowest BCUT2D eigenvalue weighted by Crippen LogP contribution is -2.19. The van der Waals surface area contributed by atoms with Crippen molar-refractivity contribution < 1.29 is 4.74 Å². The van der Waals surface area contributed by atoms with Crippen molar-refractivity contribution in [2.45, 2.75) is 129 Å². The number of pyridine rings is 1. The molecule has 0 N–H and O–H groups in total. The van der Waals surface area contributed by atoms with Gasteiger partial charge in [0.2, 0.25) is 0 Å². The maximum atomic E-state index is 6.31. The van der Waals surface area contributed by atoms with Crippen LogP contribution in [0.3, 0.4) is 0 Å². The highest BCUT2D eigenvalue weighted by molar-refractivity contribution is 5.73. The maximum Gasteiger partial charge on any atom is 0.127 e. The number of ether oxygens (including phenoxy) is 1. The first-order valence-electron chi connectivity index (χ1n) is 15.4. The minimum atomic E-state index is 0.533.